The largest absolute Gasteiger partial charge is 0.388 e. The molecule has 0 heterocycles. The molecule has 1 atom stereocenters. The van der Waals surface area contributed by atoms with E-state index in [1.54, 1.807) is 0 Å². The molecule has 0 aliphatic rings. The van der Waals surface area contributed by atoms with Gasteiger partial charge in [0.25, 0.3) is 0 Å². The van der Waals surface area contributed by atoms with E-state index in [4.69, 9.17) is 0 Å². The molecule has 0 saturated carbocycles. The molecule has 1 N–H and O–H groups in total. The Morgan fingerprint density at radius 3 is 2.53 bits per heavy atom. The number of aliphatic hydroxyl groups is 1. The fraction of sp³-hybridized carbons (Fsp3) is 0.294. The summed E-state index contributed by atoms with van der Waals surface area (Å²) in [6.07, 6.45) is 0.307. The van der Waals surface area contributed by atoms with Gasteiger partial charge in [0.05, 0.1) is 6.10 Å². The third-order valence-electron chi connectivity index (χ3n) is 3.43. The van der Waals surface area contributed by atoms with Gasteiger partial charge in [0.1, 0.15) is 0 Å². The number of aryl methyl sites for hydroxylation is 1. The lowest BCUT2D eigenvalue weighted by molar-refractivity contribution is 0.174. The van der Waals surface area contributed by atoms with Crippen LogP contribution in [0.2, 0.25) is 0 Å². The monoisotopic (exact) mass is 255 g/mol. The van der Waals surface area contributed by atoms with Crippen LogP contribution in [0.3, 0.4) is 0 Å². The summed E-state index contributed by atoms with van der Waals surface area (Å²) in [5.41, 5.74) is 4.41. The van der Waals surface area contributed by atoms with Crippen LogP contribution in [0.5, 0.6) is 0 Å². The zero-order valence-corrected chi connectivity index (χ0v) is 11.8. The molecule has 0 amide bonds. The van der Waals surface area contributed by atoms with Gasteiger partial charge in [-0.2, -0.15) is 0 Å². The first-order chi connectivity index (χ1) is 9.13. The van der Waals surface area contributed by atoms with Gasteiger partial charge in [-0.1, -0.05) is 37.3 Å². The molecule has 0 saturated heterocycles. The molecule has 0 fully saturated rings. The zero-order valence-electron chi connectivity index (χ0n) is 11.8. The summed E-state index contributed by atoms with van der Waals surface area (Å²) in [5.74, 6) is 0. The highest BCUT2D eigenvalue weighted by Crippen LogP contribution is 2.32. The Morgan fingerprint density at radius 1 is 1.11 bits per heavy atom. The normalized spacial score (nSPS) is 12.2. The number of aliphatic hydroxyl groups excluding tert-OH is 1. The summed E-state index contributed by atoms with van der Waals surface area (Å²) in [7, 11) is 2.04. The Kier molecular flexibility index (Phi) is 4.23. The highest BCUT2D eigenvalue weighted by Gasteiger charge is 2.14. The highest BCUT2D eigenvalue weighted by atomic mass is 16.3. The summed E-state index contributed by atoms with van der Waals surface area (Å²) >= 11 is 0. The lowest BCUT2D eigenvalue weighted by atomic mass is 10.0. The molecule has 2 aromatic carbocycles. The second kappa shape index (κ2) is 5.89. The van der Waals surface area contributed by atoms with E-state index in [0.717, 1.165) is 23.4 Å². The topological polar surface area (TPSA) is 23.5 Å². The van der Waals surface area contributed by atoms with Gasteiger partial charge < -0.3 is 10.0 Å². The Labute approximate surface area is 115 Å². The fourth-order valence-corrected chi connectivity index (χ4v) is 2.27. The van der Waals surface area contributed by atoms with Gasteiger partial charge in [-0.15, -0.1) is 0 Å². The van der Waals surface area contributed by atoms with Crippen molar-refractivity contribution in [3.8, 4) is 0 Å². The fourth-order valence-electron chi connectivity index (χ4n) is 2.27. The summed E-state index contributed by atoms with van der Waals surface area (Å²) < 4.78 is 0. The average Bonchev–Trinajstić information content (AvgIpc) is 2.45. The average molecular weight is 255 g/mol. The van der Waals surface area contributed by atoms with Crippen molar-refractivity contribution < 1.29 is 5.11 Å². The van der Waals surface area contributed by atoms with Crippen molar-refractivity contribution in [2.75, 3.05) is 11.9 Å². The van der Waals surface area contributed by atoms with E-state index in [1.807, 2.05) is 32.2 Å². The molecular formula is C17H21NO. The maximum atomic E-state index is 10.1. The van der Waals surface area contributed by atoms with E-state index in [-0.39, 0.29) is 0 Å². The van der Waals surface area contributed by atoms with E-state index in [2.05, 4.69) is 42.2 Å². The summed E-state index contributed by atoms with van der Waals surface area (Å²) in [6, 6.07) is 16.4. The van der Waals surface area contributed by atoms with Crippen LogP contribution in [0.4, 0.5) is 11.4 Å². The molecule has 0 aromatic heterocycles. The Bertz CT molecular complexity index is 550. The molecule has 100 valence electrons. The highest BCUT2D eigenvalue weighted by molar-refractivity contribution is 5.66. The van der Waals surface area contributed by atoms with Crippen molar-refractivity contribution in [2.45, 2.75) is 26.4 Å². The predicted molar refractivity (Wildman–Crippen MR) is 80.9 cm³/mol. The first-order valence-corrected chi connectivity index (χ1v) is 6.71. The summed E-state index contributed by atoms with van der Waals surface area (Å²) in [5, 5.41) is 10.1. The number of para-hydroxylation sites is 1. The van der Waals surface area contributed by atoms with Gasteiger partial charge in [0.2, 0.25) is 0 Å². The van der Waals surface area contributed by atoms with Gasteiger partial charge in [-0.3, -0.25) is 0 Å². The molecule has 1 unspecified atom stereocenters. The maximum Gasteiger partial charge on any atom is 0.0807 e. The molecule has 0 aliphatic carbocycles. The summed E-state index contributed by atoms with van der Waals surface area (Å²) in [4.78, 5) is 2.13. The van der Waals surface area contributed by atoms with Crippen molar-refractivity contribution in [1.29, 1.82) is 0 Å². The molecule has 0 bridgehead atoms. The molecule has 0 radical (unpaired) electrons. The Balaban J connectivity index is 2.41. The number of anilines is 2. The van der Waals surface area contributed by atoms with E-state index in [9.17, 15) is 5.11 Å². The second-order valence-electron chi connectivity index (χ2n) is 4.88. The molecular weight excluding hydrogens is 234 g/mol. The number of rotatable bonds is 4. The SMILES string of the molecule is CCC(O)c1ccccc1N(C)c1cccc(C)c1. The minimum atomic E-state index is -0.413. The van der Waals surface area contributed by atoms with E-state index in [0.29, 0.717) is 0 Å². The van der Waals surface area contributed by atoms with Gasteiger partial charge in [-0.05, 0) is 37.1 Å². The van der Waals surface area contributed by atoms with Crippen LogP contribution in [0.15, 0.2) is 48.5 Å². The van der Waals surface area contributed by atoms with Crippen LogP contribution >= 0.6 is 0 Å². The summed E-state index contributed by atoms with van der Waals surface area (Å²) in [6.45, 7) is 4.08. The van der Waals surface area contributed by atoms with E-state index >= 15 is 0 Å². The van der Waals surface area contributed by atoms with Crippen LogP contribution in [-0.2, 0) is 0 Å². The molecule has 0 spiro atoms. The maximum absolute atomic E-state index is 10.1. The first kappa shape index (κ1) is 13.6. The Morgan fingerprint density at radius 2 is 1.84 bits per heavy atom. The molecule has 2 aromatic rings. The van der Waals surface area contributed by atoms with Crippen molar-refractivity contribution in [3.63, 3.8) is 0 Å². The molecule has 2 heteroatoms. The minimum absolute atomic E-state index is 0.413. The van der Waals surface area contributed by atoms with Crippen LogP contribution in [-0.4, -0.2) is 12.2 Å². The number of hydrogen-bond acceptors (Lipinski definition) is 2. The standard InChI is InChI=1S/C17H21NO/c1-4-17(19)15-10-5-6-11-16(15)18(3)14-9-7-8-13(2)12-14/h5-12,17,19H,4H2,1-3H3. The van der Waals surface area contributed by atoms with Crippen molar-refractivity contribution in [3.05, 3.63) is 59.7 Å². The first-order valence-electron chi connectivity index (χ1n) is 6.71. The van der Waals surface area contributed by atoms with Crippen LogP contribution in [0, 0.1) is 6.92 Å². The van der Waals surface area contributed by atoms with Crippen LogP contribution in [0.1, 0.15) is 30.6 Å². The molecule has 2 rings (SSSR count). The smallest absolute Gasteiger partial charge is 0.0807 e. The number of benzene rings is 2. The molecule has 2 nitrogen and oxygen atoms in total. The molecule has 0 aliphatic heterocycles. The van der Waals surface area contributed by atoms with Crippen molar-refractivity contribution >= 4 is 11.4 Å². The lowest BCUT2D eigenvalue weighted by Crippen LogP contribution is -2.13. The second-order valence-corrected chi connectivity index (χ2v) is 4.88. The predicted octanol–water partition coefficient (Wildman–Crippen LogP) is 4.21. The number of nitrogens with zero attached hydrogens (tertiary/aromatic N) is 1. The number of hydrogen-bond donors (Lipinski definition) is 1. The molecule has 19 heavy (non-hydrogen) atoms. The van der Waals surface area contributed by atoms with E-state index in [1.165, 1.54) is 5.56 Å². The van der Waals surface area contributed by atoms with Gasteiger partial charge >= 0.3 is 0 Å². The van der Waals surface area contributed by atoms with Crippen LogP contribution < -0.4 is 4.90 Å². The van der Waals surface area contributed by atoms with Gasteiger partial charge in [-0.25, -0.2) is 0 Å². The van der Waals surface area contributed by atoms with E-state index < -0.39 is 6.10 Å². The Hall–Kier alpha value is -1.80. The zero-order chi connectivity index (χ0) is 13.8. The van der Waals surface area contributed by atoms with Gasteiger partial charge in [0, 0.05) is 24.0 Å². The van der Waals surface area contributed by atoms with Crippen LogP contribution in [0.25, 0.3) is 0 Å². The quantitative estimate of drug-likeness (QED) is 0.884. The minimum Gasteiger partial charge on any atom is -0.388 e. The van der Waals surface area contributed by atoms with Crippen molar-refractivity contribution in [1.82, 2.24) is 0 Å². The van der Waals surface area contributed by atoms with Gasteiger partial charge in [0.15, 0.2) is 0 Å². The van der Waals surface area contributed by atoms with Crippen molar-refractivity contribution in [2.24, 2.45) is 0 Å². The third kappa shape index (κ3) is 2.96. The lowest BCUT2D eigenvalue weighted by Gasteiger charge is -2.24. The third-order valence-corrected chi connectivity index (χ3v) is 3.43.